The Bertz CT molecular complexity index is 653. The first kappa shape index (κ1) is 15.5. The first-order chi connectivity index (χ1) is 11.1. The van der Waals surface area contributed by atoms with E-state index in [1.54, 1.807) is 0 Å². The molecule has 23 heavy (non-hydrogen) atoms. The Balaban J connectivity index is 1.65. The Morgan fingerprint density at radius 3 is 2.65 bits per heavy atom. The summed E-state index contributed by atoms with van der Waals surface area (Å²) < 4.78 is 5.62. The van der Waals surface area contributed by atoms with Gasteiger partial charge < -0.3 is 9.64 Å². The van der Waals surface area contributed by atoms with Crippen LogP contribution in [0.2, 0.25) is 0 Å². The third kappa shape index (κ3) is 3.70. The van der Waals surface area contributed by atoms with Gasteiger partial charge in [0.2, 0.25) is 0 Å². The van der Waals surface area contributed by atoms with Gasteiger partial charge in [-0.1, -0.05) is 6.07 Å². The molecule has 2 aromatic rings. The summed E-state index contributed by atoms with van der Waals surface area (Å²) in [4.78, 5) is 18.9. The van der Waals surface area contributed by atoms with Gasteiger partial charge in [-0.15, -0.1) is 0 Å². The lowest BCUT2D eigenvalue weighted by molar-refractivity contribution is 0.0790. The van der Waals surface area contributed by atoms with Crippen LogP contribution >= 0.6 is 0 Å². The van der Waals surface area contributed by atoms with Crippen molar-refractivity contribution in [1.29, 1.82) is 0 Å². The van der Waals surface area contributed by atoms with E-state index in [0.29, 0.717) is 11.5 Å². The minimum absolute atomic E-state index is 0.0829. The molecule has 1 aliphatic rings. The molecule has 0 aliphatic carbocycles. The number of hydrogen-bond acceptors (Lipinski definition) is 3. The molecule has 1 fully saturated rings. The number of pyridine rings is 1. The molecule has 0 spiro atoms. The van der Waals surface area contributed by atoms with Crippen LogP contribution in [0.3, 0.4) is 0 Å². The SMILES string of the molecule is CC(C)Oc1ccc(C(=O)N2CCC(c3ccccn3)C2)cc1. The van der Waals surface area contributed by atoms with E-state index in [9.17, 15) is 4.79 Å². The highest BCUT2D eigenvalue weighted by atomic mass is 16.5. The maximum Gasteiger partial charge on any atom is 0.253 e. The fraction of sp³-hybridized carbons (Fsp3) is 0.368. The van der Waals surface area contributed by atoms with Crippen molar-refractivity contribution in [1.82, 2.24) is 9.88 Å². The van der Waals surface area contributed by atoms with Gasteiger partial charge in [0, 0.05) is 36.5 Å². The lowest BCUT2D eigenvalue weighted by atomic mass is 10.0. The lowest BCUT2D eigenvalue weighted by Crippen LogP contribution is -2.28. The Hall–Kier alpha value is -2.36. The van der Waals surface area contributed by atoms with Gasteiger partial charge in [-0.2, -0.15) is 0 Å². The molecule has 3 rings (SSSR count). The first-order valence-corrected chi connectivity index (χ1v) is 8.10. The van der Waals surface area contributed by atoms with Crippen molar-refractivity contribution < 1.29 is 9.53 Å². The minimum atomic E-state index is 0.0829. The predicted molar refractivity (Wildman–Crippen MR) is 89.7 cm³/mol. The number of likely N-dealkylation sites (tertiary alicyclic amines) is 1. The second kappa shape index (κ2) is 6.82. The quantitative estimate of drug-likeness (QED) is 0.868. The molecule has 1 amide bonds. The van der Waals surface area contributed by atoms with Crippen molar-refractivity contribution in [2.45, 2.75) is 32.3 Å². The molecule has 0 bridgehead atoms. The smallest absolute Gasteiger partial charge is 0.253 e. The summed E-state index contributed by atoms with van der Waals surface area (Å²) in [5, 5.41) is 0. The van der Waals surface area contributed by atoms with Crippen LogP contribution in [0.1, 0.15) is 42.2 Å². The van der Waals surface area contributed by atoms with Crippen molar-refractivity contribution in [3.8, 4) is 5.75 Å². The Kier molecular flexibility index (Phi) is 4.60. The second-order valence-corrected chi connectivity index (χ2v) is 6.18. The third-order valence-corrected chi connectivity index (χ3v) is 4.05. The van der Waals surface area contributed by atoms with Gasteiger partial charge in [0.15, 0.2) is 0 Å². The zero-order valence-electron chi connectivity index (χ0n) is 13.6. The summed E-state index contributed by atoms with van der Waals surface area (Å²) in [6.45, 7) is 5.49. The maximum atomic E-state index is 12.6. The van der Waals surface area contributed by atoms with Crippen molar-refractivity contribution in [3.05, 3.63) is 59.9 Å². The van der Waals surface area contributed by atoms with Crippen molar-refractivity contribution in [3.63, 3.8) is 0 Å². The summed E-state index contributed by atoms with van der Waals surface area (Å²) in [5.74, 6) is 1.22. The van der Waals surface area contributed by atoms with E-state index in [0.717, 1.165) is 31.0 Å². The van der Waals surface area contributed by atoms with Crippen LogP contribution in [0.5, 0.6) is 5.75 Å². The van der Waals surface area contributed by atoms with E-state index in [1.165, 1.54) is 0 Å². The molecule has 1 aromatic carbocycles. The number of nitrogens with zero attached hydrogens (tertiary/aromatic N) is 2. The summed E-state index contributed by atoms with van der Waals surface area (Å²) in [6, 6.07) is 13.4. The van der Waals surface area contributed by atoms with Gasteiger partial charge in [0.25, 0.3) is 5.91 Å². The molecule has 1 aliphatic heterocycles. The van der Waals surface area contributed by atoms with Gasteiger partial charge in [-0.3, -0.25) is 9.78 Å². The molecule has 1 atom stereocenters. The average molecular weight is 310 g/mol. The van der Waals surface area contributed by atoms with Crippen LogP contribution in [-0.2, 0) is 0 Å². The molecule has 120 valence electrons. The fourth-order valence-corrected chi connectivity index (χ4v) is 2.93. The van der Waals surface area contributed by atoms with Gasteiger partial charge in [-0.05, 0) is 56.7 Å². The molecule has 0 saturated carbocycles. The van der Waals surface area contributed by atoms with Gasteiger partial charge >= 0.3 is 0 Å². The van der Waals surface area contributed by atoms with Crippen LogP contribution < -0.4 is 4.74 Å². The van der Waals surface area contributed by atoms with Crippen molar-refractivity contribution in [2.24, 2.45) is 0 Å². The molecular formula is C19H22N2O2. The molecule has 1 saturated heterocycles. The third-order valence-electron chi connectivity index (χ3n) is 4.05. The number of benzene rings is 1. The highest BCUT2D eigenvalue weighted by molar-refractivity contribution is 5.94. The Labute approximate surface area is 137 Å². The number of rotatable bonds is 4. The van der Waals surface area contributed by atoms with Crippen LogP contribution in [-0.4, -0.2) is 35.0 Å². The molecule has 1 unspecified atom stereocenters. The summed E-state index contributed by atoms with van der Waals surface area (Å²) in [5.41, 5.74) is 1.78. The van der Waals surface area contributed by atoms with E-state index >= 15 is 0 Å². The minimum Gasteiger partial charge on any atom is -0.491 e. The Morgan fingerprint density at radius 1 is 1.22 bits per heavy atom. The number of aromatic nitrogens is 1. The molecular weight excluding hydrogens is 288 g/mol. The molecule has 4 heteroatoms. The topological polar surface area (TPSA) is 42.4 Å². The van der Waals surface area contributed by atoms with Crippen molar-refractivity contribution >= 4 is 5.91 Å². The fourth-order valence-electron chi connectivity index (χ4n) is 2.93. The second-order valence-electron chi connectivity index (χ2n) is 6.18. The highest BCUT2D eigenvalue weighted by Gasteiger charge is 2.28. The summed E-state index contributed by atoms with van der Waals surface area (Å²) in [6.07, 6.45) is 2.92. The number of ether oxygens (including phenoxy) is 1. The van der Waals surface area contributed by atoms with E-state index in [-0.39, 0.29) is 12.0 Å². The standard InChI is InChI=1S/C19H22N2O2/c1-14(2)23-17-8-6-15(7-9-17)19(22)21-12-10-16(13-21)18-5-3-4-11-20-18/h3-9,11,14,16H,10,12-13H2,1-2H3. The van der Waals surface area contributed by atoms with Gasteiger partial charge in [0.05, 0.1) is 6.10 Å². The number of carbonyl (C=O) groups is 1. The van der Waals surface area contributed by atoms with Crippen LogP contribution in [0, 0.1) is 0 Å². The molecule has 0 radical (unpaired) electrons. The van der Waals surface area contributed by atoms with E-state index in [1.807, 2.05) is 67.4 Å². The monoisotopic (exact) mass is 310 g/mol. The Morgan fingerprint density at radius 2 is 2.00 bits per heavy atom. The van der Waals surface area contributed by atoms with Gasteiger partial charge in [-0.25, -0.2) is 0 Å². The van der Waals surface area contributed by atoms with E-state index in [2.05, 4.69) is 4.98 Å². The van der Waals surface area contributed by atoms with Crippen LogP contribution in [0.4, 0.5) is 0 Å². The highest BCUT2D eigenvalue weighted by Crippen LogP contribution is 2.27. The molecule has 1 aromatic heterocycles. The number of carbonyl (C=O) groups excluding carboxylic acids is 1. The number of amides is 1. The predicted octanol–water partition coefficient (Wildman–Crippen LogP) is 3.50. The zero-order chi connectivity index (χ0) is 16.2. The molecule has 2 heterocycles. The van der Waals surface area contributed by atoms with E-state index in [4.69, 9.17) is 4.74 Å². The van der Waals surface area contributed by atoms with Crippen LogP contribution in [0.15, 0.2) is 48.7 Å². The first-order valence-electron chi connectivity index (χ1n) is 8.10. The summed E-state index contributed by atoms with van der Waals surface area (Å²) >= 11 is 0. The molecule has 4 nitrogen and oxygen atoms in total. The van der Waals surface area contributed by atoms with Crippen LogP contribution in [0.25, 0.3) is 0 Å². The number of hydrogen-bond donors (Lipinski definition) is 0. The average Bonchev–Trinajstić information content (AvgIpc) is 3.05. The van der Waals surface area contributed by atoms with Crippen molar-refractivity contribution in [2.75, 3.05) is 13.1 Å². The van der Waals surface area contributed by atoms with Gasteiger partial charge in [0.1, 0.15) is 5.75 Å². The van der Waals surface area contributed by atoms with E-state index < -0.39 is 0 Å². The summed E-state index contributed by atoms with van der Waals surface area (Å²) in [7, 11) is 0. The normalized spacial score (nSPS) is 17.5. The lowest BCUT2D eigenvalue weighted by Gasteiger charge is -2.17. The molecule has 0 N–H and O–H groups in total. The zero-order valence-corrected chi connectivity index (χ0v) is 13.6. The largest absolute Gasteiger partial charge is 0.491 e. The maximum absolute atomic E-state index is 12.6.